The van der Waals surface area contributed by atoms with Gasteiger partial charge in [0.1, 0.15) is 65.5 Å². The summed E-state index contributed by atoms with van der Waals surface area (Å²) in [6, 6.07) is 20.0. The lowest BCUT2D eigenvalue weighted by Gasteiger charge is -2.26. The fourth-order valence-corrected chi connectivity index (χ4v) is 10.4. The number of benzene rings is 3. The van der Waals surface area contributed by atoms with E-state index in [4.69, 9.17) is 52.1 Å². The first kappa shape index (κ1) is 69.8. The number of rotatable bonds is 31. The smallest absolute Gasteiger partial charge is 0.330 e. The van der Waals surface area contributed by atoms with Gasteiger partial charge in [-0.1, -0.05) is 49.2 Å². The van der Waals surface area contributed by atoms with Gasteiger partial charge in [0.25, 0.3) is 0 Å². The van der Waals surface area contributed by atoms with Crippen LogP contribution in [0.1, 0.15) is 109 Å². The van der Waals surface area contributed by atoms with Crippen LogP contribution in [-0.4, -0.2) is 111 Å². The molecule has 1 heterocycles. The first-order valence-corrected chi connectivity index (χ1v) is 30.2. The van der Waals surface area contributed by atoms with Crippen LogP contribution in [0.4, 0.5) is 5.69 Å². The first-order valence-electron chi connectivity index (χ1n) is 29.4. The highest BCUT2D eigenvalue weighted by atomic mass is 32.2. The summed E-state index contributed by atoms with van der Waals surface area (Å²) < 4.78 is 59.3. The van der Waals surface area contributed by atoms with Crippen LogP contribution >= 0.6 is 11.8 Å². The van der Waals surface area contributed by atoms with Crippen molar-refractivity contribution in [1.82, 2.24) is 0 Å². The number of carbonyl (C=O) groups excluding carboxylic acids is 10. The summed E-state index contributed by atoms with van der Waals surface area (Å²) in [5.41, 5.74) is 1.58. The number of ether oxygens (including phenoxy) is 11. The molecular weight excluding hydrogens is 1190 g/mol. The van der Waals surface area contributed by atoms with Gasteiger partial charge in [0, 0.05) is 25.0 Å². The van der Waals surface area contributed by atoms with Crippen LogP contribution in [0.2, 0.25) is 0 Å². The minimum Gasteiger partial charge on any atom is -0.465 e. The molecule has 3 aromatic rings. The zero-order valence-electron chi connectivity index (χ0n) is 50.2. The molecule has 2 fully saturated rings. The molecule has 24 nitrogen and oxygen atoms in total. The number of carbonyl (C=O) groups is 10. The fraction of sp³-hybridized carbons (Fsp3) is 0.446. The van der Waals surface area contributed by atoms with E-state index in [1.165, 1.54) is 12.1 Å². The number of allylic oxidation sites excluding steroid dienone is 1. The largest absolute Gasteiger partial charge is 0.465 e. The average molecular weight is 1260 g/mol. The molecular formula is C65H71N3O21S. The Morgan fingerprint density at radius 2 is 0.922 bits per heavy atom. The van der Waals surface area contributed by atoms with E-state index in [1.807, 2.05) is 12.1 Å². The topological polar surface area (TPSA) is 332 Å². The van der Waals surface area contributed by atoms with Crippen LogP contribution in [-0.2, 0) is 93.9 Å². The molecule has 2 saturated carbocycles. The molecule has 2 aliphatic carbocycles. The van der Waals surface area contributed by atoms with Gasteiger partial charge in [-0.2, -0.15) is 10.5 Å². The third kappa shape index (κ3) is 22.7. The molecule has 0 aromatic heterocycles. The molecule has 0 amide bonds. The molecule has 6 rings (SSSR count). The summed E-state index contributed by atoms with van der Waals surface area (Å²) in [5, 5.41) is 22.5. The van der Waals surface area contributed by atoms with E-state index in [0.29, 0.717) is 80.6 Å². The van der Waals surface area contributed by atoms with Crippen LogP contribution < -0.4 is 24.3 Å². The Hall–Kier alpha value is -9.33. The highest BCUT2D eigenvalue weighted by Crippen LogP contribution is 2.52. The summed E-state index contributed by atoms with van der Waals surface area (Å²) >= 11 is 0.972. The van der Waals surface area contributed by atoms with Gasteiger partial charge in [0.2, 0.25) is 0 Å². The van der Waals surface area contributed by atoms with Crippen molar-refractivity contribution >= 4 is 77.1 Å². The van der Waals surface area contributed by atoms with Crippen molar-refractivity contribution in [3.63, 3.8) is 0 Å². The van der Waals surface area contributed by atoms with E-state index in [0.717, 1.165) is 35.0 Å². The maximum absolute atomic E-state index is 13.7. The molecule has 3 aromatic carbocycles. The Kier molecular flexibility index (Phi) is 27.6. The normalized spacial score (nSPS) is 17.4. The second-order valence-electron chi connectivity index (χ2n) is 21.3. The molecule has 3 unspecified atom stereocenters. The lowest BCUT2D eigenvalue weighted by molar-refractivity contribution is -0.156. The summed E-state index contributed by atoms with van der Waals surface area (Å²) in [7, 11) is 0. The van der Waals surface area contributed by atoms with Crippen LogP contribution in [0.25, 0.3) is 0 Å². The molecule has 1 N–H and O–H groups in total. The highest BCUT2D eigenvalue weighted by molar-refractivity contribution is 8.03. The zero-order valence-corrected chi connectivity index (χ0v) is 51.0. The van der Waals surface area contributed by atoms with Crippen molar-refractivity contribution in [2.45, 2.75) is 134 Å². The van der Waals surface area contributed by atoms with Gasteiger partial charge in [-0.05, 0) is 120 Å². The molecule has 478 valence electrons. The van der Waals surface area contributed by atoms with Gasteiger partial charge < -0.3 is 57.4 Å². The predicted molar refractivity (Wildman–Crippen MR) is 317 cm³/mol. The molecule has 0 bridgehead atoms. The van der Waals surface area contributed by atoms with E-state index in [9.17, 15) is 58.5 Å². The lowest BCUT2D eigenvalue weighted by Crippen LogP contribution is -2.30. The number of nitriles is 2. The molecule has 1 aliphatic heterocycles. The number of nitrogens with zero attached hydrogens (tertiary/aromatic N) is 2. The first-order chi connectivity index (χ1) is 43.2. The minimum absolute atomic E-state index is 0.0128. The Balaban J connectivity index is 0.885. The van der Waals surface area contributed by atoms with Gasteiger partial charge in [-0.25, -0.2) is 9.59 Å². The van der Waals surface area contributed by atoms with Gasteiger partial charge in [-0.3, -0.25) is 38.4 Å². The van der Waals surface area contributed by atoms with Crippen molar-refractivity contribution in [2.24, 2.45) is 23.7 Å². The van der Waals surface area contributed by atoms with Crippen LogP contribution in [0.3, 0.4) is 0 Å². The fourth-order valence-electron chi connectivity index (χ4n) is 9.38. The highest BCUT2D eigenvalue weighted by Gasteiger charge is 2.37. The second kappa shape index (κ2) is 35.6. The van der Waals surface area contributed by atoms with Crippen molar-refractivity contribution < 1.29 is 100 Å². The number of anilines is 1. The van der Waals surface area contributed by atoms with E-state index in [2.05, 4.69) is 18.5 Å². The van der Waals surface area contributed by atoms with Gasteiger partial charge in [0.15, 0.2) is 11.3 Å². The van der Waals surface area contributed by atoms with E-state index < -0.39 is 102 Å². The van der Waals surface area contributed by atoms with Gasteiger partial charge in [-0.15, -0.1) is 0 Å². The van der Waals surface area contributed by atoms with E-state index in [1.54, 1.807) is 69.3 Å². The van der Waals surface area contributed by atoms with Gasteiger partial charge in [0.05, 0.1) is 80.2 Å². The zero-order chi connectivity index (χ0) is 65.1. The average Bonchev–Trinajstić information content (AvgIpc) is 1.67. The lowest BCUT2D eigenvalue weighted by atomic mass is 9.82. The van der Waals surface area contributed by atoms with Crippen molar-refractivity contribution in [3.8, 4) is 35.1 Å². The number of hydrogen-bond donors (Lipinski definition) is 1. The quantitative estimate of drug-likeness (QED) is 0.0207. The SMILES string of the molecule is C=CC(=O)OCC(C)OCC(C)OC(=O)CCC(=O)OCCc1ccc(OC(=O)[C@H]2CC[C@H](C(=O)Oc3ccc(OC(=O)[C@H]4CC[C@H](C(=O)Oc5ccc(CCOC(=O)CCC(=O)OCC(C)OC(=O)C=C)cc5)CC4)c4c3NC(=C(C#N)C#N)S4)CC2)cc1. The third-order valence-corrected chi connectivity index (χ3v) is 15.5. The summed E-state index contributed by atoms with van der Waals surface area (Å²) in [6.45, 7) is 11.5. The Morgan fingerprint density at radius 1 is 0.511 bits per heavy atom. The van der Waals surface area contributed by atoms with Crippen molar-refractivity contribution in [2.75, 3.05) is 38.4 Å². The number of fused-ring (bicyclic) bond motifs is 1. The number of nitrogens with one attached hydrogen (secondary N) is 1. The third-order valence-electron chi connectivity index (χ3n) is 14.4. The molecule has 90 heavy (non-hydrogen) atoms. The summed E-state index contributed by atoms with van der Waals surface area (Å²) in [5.74, 6) is -6.97. The Labute approximate surface area is 524 Å². The van der Waals surface area contributed by atoms with Crippen molar-refractivity contribution in [3.05, 3.63) is 108 Å². The number of esters is 10. The Morgan fingerprint density at radius 3 is 1.39 bits per heavy atom. The molecule has 3 aliphatic rings. The second-order valence-corrected chi connectivity index (χ2v) is 22.4. The van der Waals surface area contributed by atoms with E-state index >= 15 is 0 Å². The number of thioether (sulfide) groups is 1. The van der Waals surface area contributed by atoms with Crippen molar-refractivity contribution in [1.29, 1.82) is 10.5 Å². The predicted octanol–water partition coefficient (Wildman–Crippen LogP) is 8.56. The van der Waals surface area contributed by atoms with Crippen LogP contribution in [0, 0.1) is 46.3 Å². The molecule has 0 saturated heterocycles. The maximum Gasteiger partial charge on any atom is 0.330 e. The Bertz CT molecular complexity index is 3210. The molecule has 0 spiro atoms. The monoisotopic (exact) mass is 1260 g/mol. The number of hydrogen-bond acceptors (Lipinski definition) is 25. The standard InChI is InChI=1S/C65H71N3O21S/c1-6-53(69)82-36-39(3)81-37-40(4)85-58(74)29-28-56(72)80-33-31-43-10-22-49(23-11-43)86-62(75)44-12-16-46(17-13-44)64(77)88-51-24-25-52(60-59(51)68-61(90-60)48(34-66)35-67)89-65(78)47-18-14-45(15-19-47)63(76)87-50-20-8-42(9-21-50)30-32-79-55(71)26-27-57(73)83-38-41(5)84-54(70)7-2/h6-11,20-25,39-41,44-47,68H,1-2,12-19,26-33,36-38H2,3-5H3/t39?,40?,41?,44-,45-,46-,47-. The van der Waals surface area contributed by atoms with Crippen LogP contribution in [0.15, 0.2) is 101 Å². The van der Waals surface area contributed by atoms with E-state index in [-0.39, 0.29) is 86.5 Å². The molecule has 0 radical (unpaired) electrons. The molecule has 3 atom stereocenters. The summed E-state index contributed by atoms with van der Waals surface area (Å²) in [6.07, 6.45) is 2.97. The molecule has 25 heteroatoms. The maximum atomic E-state index is 13.7. The van der Waals surface area contributed by atoms with Gasteiger partial charge >= 0.3 is 59.7 Å². The van der Waals surface area contributed by atoms with Crippen LogP contribution in [0.5, 0.6) is 23.0 Å². The summed E-state index contributed by atoms with van der Waals surface area (Å²) in [4.78, 5) is 125. The minimum atomic E-state index is -0.676.